The highest BCUT2D eigenvalue weighted by molar-refractivity contribution is 5.89. The summed E-state index contributed by atoms with van der Waals surface area (Å²) in [5.74, 6) is -0.00564. The standard InChI is InChI=1S/C8H9N3O/c1-6-4-5-10-8(11-6)3-2-7(9)12/h2-5H,1H3,(H2,9,12). The summed E-state index contributed by atoms with van der Waals surface area (Å²) in [7, 11) is 0. The molecule has 0 bridgehead atoms. The highest BCUT2D eigenvalue weighted by atomic mass is 16.1. The number of aryl methyl sites for hydroxylation is 1. The van der Waals surface area contributed by atoms with Gasteiger partial charge in [-0.2, -0.15) is 0 Å². The topological polar surface area (TPSA) is 68.9 Å². The molecular formula is C8H9N3O. The van der Waals surface area contributed by atoms with E-state index in [-0.39, 0.29) is 0 Å². The molecule has 0 aliphatic carbocycles. The van der Waals surface area contributed by atoms with Crippen molar-refractivity contribution in [2.24, 2.45) is 5.73 Å². The first-order chi connectivity index (χ1) is 5.68. The normalized spacial score (nSPS) is 10.4. The van der Waals surface area contributed by atoms with Crippen LogP contribution in [-0.4, -0.2) is 15.9 Å². The molecule has 12 heavy (non-hydrogen) atoms. The number of rotatable bonds is 2. The Hall–Kier alpha value is -1.71. The summed E-state index contributed by atoms with van der Waals surface area (Å²) in [4.78, 5) is 18.3. The van der Waals surface area contributed by atoms with E-state index < -0.39 is 5.91 Å². The molecule has 62 valence electrons. The van der Waals surface area contributed by atoms with Gasteiger partial charge in [0.1, 0.15) is 0 Å². The van der Waals surface area contributed by atoms with Gasteiger partial charge in [0.15, 0.2) is 5.82 Å². The minimum absolute atomic E-state index is 0.494. The summed E-state index contributed by atoms with van der Waals surface area (Å²) >= 11 is 0. The third-order valence-electron chi connectivity index (χ3n) is 1.21. The van der Waals surface area contributed by atoms with Gasteiger partial charge in [-0.25, -0.2) is 9.97 Å². The SMILES string of the molecule is Cc1ccnc(C=CC(N)=O)n1. The van der Waals surface area contributed by atoms with E-state index in [1.807, 2.05) is 6.92 Å². The van der Waals surface area contributed by atoms with Gasteiger partial charge in [0.2, 0.25) is 5.91 Å². The molecular weight excluding hydrogens is 154 g/mol. The molecule has 0 fully saturated rings. The van der Waals surface area contributed by atoms with Crippen LogP contribution in [0.15, 0.2) is 18.3 Å². The maximum Gasteiger partial charge on any atom is 0.241 e. The molecule has 0 saturated carbocycles. The van der Waals surface area contributed by atoms with Crippen LogP contribution in [0.25, 0.3) is 6.08 Å². The van der Waals surface area contributed by atoms with Crippen LogP contribution >= 0.6 is 0 Å². The average Bonchev–Trinajstić information content (AvgIpc) is 2.01. The van der Waals surface area contributed by atoms with E-state index in [4.69, 9.17) is 5.73 Å². The van der Waals surface area contributed by atoms with Gasteiger partial charge in [0.25, 0.3) is 0 Å². The number of primary amides is 1. The molecule has 0 aliphatic rings. The van der Waals surface area contributed by atoms with Crippen molar-refractivity contribution in [1.29, 1.82) is 0 Å². The Morgan fingerprint density at radius 2 is 2.42 bits per heavy atom. The van der Waals surface area contributed by atoms with Gasteiger partial charge in [-0.05, 0) is 19.1 Å². The molecule has 0 atom stereocenters. The van der Waals surface area contributed by atoms with Gasteiger partial charge in [0.05, 0.1) is 0 Å². The molecule has 4 heteroatoms. The van der Waals surface area contributed by atoms with E-state index in [0.717, 1.165) is 5.69 Å². The maximum absolute atomic E-state index is 10.3. The summed E-state index contributed by atoms with van der Waals surface area (Å²) in [6.07, 6.45) is 4.34. The fourth-order valence-electron chi connectivity index (χ4n) is 0.705. The molecule has 1 aromatic rings. The highest BCUT2D eigenvalue weighted by Crippen LogP contribution is 1.94. The summed E-state index contributed by atoms with van der Waals surface area (Å²) < 4.78 is 0. The van der Waals surface area contributed by atoms with Gasteiger partial charge in [-0.15, -0.1) is 0 Å². The quantitative estimate of drug-likeness (QED) is 0.637. The second-order valence-electron chi connectivity index (χ2n) is 2.29. The van der Waals surface area contributed by atoms with Crippen LogP contribution in [0.4, 0.5) is 0 Å². The van der Waals surface area contributed by atoms with Crippen LogP contribution in [0.1, 0.15) is 11.5 Å². The van der Waals surface area contributed by atoms with Crippen molar-refractivity contribution in [3.8, 4) is 0 Å². The molecule has 0 aliphatic heterocycles. The predicted molar refractivity (Wildman–Crippen MR) is 45.0 cm³/mol. The van der Waals surface area contributed by atoms with E-state index in [2.05, 4.69) is 9.97 Å². The third-order valence-corrected chi connectivity index (χ3v) is 1.21. The minimum atomic E-state index is -0.500. The van der Waals surface area contributed by atoms with E-state index >= 15 is 0 Å². The number of hydrogen-bond acceptors (Lipinski definition) is 3. The van der Waals surface area contributed by atoms with Crippen LogP contribution < -0.4 is 5.73 Å². The monoisotopic (exact) mass is 163 g/mol. The molecule has 0 spiro atoms. The minimum Gasteiger partial charge on any atom is -0.366 e. The van der Waals surface area contributed by atoms with Gasteiger partial charge in [-0.3, -0.25) is 4.79 Å². The van der Waals surface area contributed by atoms with Crippen molar-refractivity contribution in [1.82, 2.24) is 9.97 Å². The Morgan fingerprint density at radius 3 is 3.00 bits per heavy atom. The maximum atomic E-state index is 10.3. The molecule has 1 rings (SSSR count). The first-order valence-electron chi connectivity index (χ1n) is 3.45. The van der Waals surface area contributed by atoms with Crippen LogP contribution in [-0.2, 0) is 4.79 Å². The second kappa shape index (κ2) is 3.61. The fraction of sp³-hybridized carbons (Fsp3) is 0.125. The number of carbonyl (C=O) groups is 1. The predicted octanol–water partition coefficient (Wildman–Crippen LogP) is 0.284. The van der Waals surface area contributed by atoms with Gasteiger partial charge in [0, 0.05) is 18.0 Å². The number of hydrogen-bond donors (Lipinski definition) is 1. The van der Waals surface area contributed by atoms with E-state index in [1.54, 1.807) is 12.3 Å². The molecule has 1 amide bonds. The van der Waals surface area contributed by atoms with Crippen molar-refractivity contribution < 1.29 is 4.79 Å². The lowest BCUT2D eigenvalue weighted by Gasteiger charge is -1.92. The molecule has 0 unspecified atom stereocenters. The Bertz CT molecular complexity index is 320. The second-order valence-corrected chi connectivity index (χ2v) is 2.29. The zero-order valence-corrected chi connectivity index (χ0v) is 6.69. The number of amides is 1. The smallest absolute Gasteiger partial charge is 0.241 e. The fourth-order valence-corrected chi connectivity index (χ4v) is 0.705. The molecule has 0 aromatic carbocycles. The number of aromatic nitrogens is 2. The first-order valence-corrected chi connectivity index (χ1v) is 3.45. The molecule has 2 N–H and O–H groups in total. The summed E-state index contributed by atoms with van der Waals surface area (Å²) in [6.45, 7) is 1.85. The zero-order valence-electron chi connectivity index (χ0n) is 6.69. The van der Waals surface area contributed by atoms with Crippen LogP contribution in [0.5, 0.6) is 0 Å². The van der Waals surface area contributed by atoms with Crippen molar-refractivity contribution in [2.75, 3.05) is 0 Å². The average molecular weight is 163 g/mol. The number of nitrogens with two attached hydrogens (primary N) is 1. The lowest BCUT2D eigenvalue weighted by atomic mass is 10.4. The molecule has 1 heterocycles. The third kappa shape index (κ3) is 2.49. The van der Waals surface area contributed by atoms with Crippen molar-refractivity contribution >= 4 is 12.0 Å². The molecule has 4 nitrogen and oxygen atoms in total. The molecule has 1 aromatic heterocycles. The Balaban J connectivity index is 2.83. The number of nitrogens with zero attached hydrogens (tertiary/aromatic N) is 2. The highest BCUT2D eigenvalue weighted by Gasteiger charge is 1.90. The van der Waals surface area contributed by atoms with Crippen LogP contribution in [0.3, 0.4) is 0 Å². The molecule has 0 saturated heterocycles. The summed E-state index contributed by atoms with van der Waals surface area (Å²) in [5, 5.41) is 0. The van der Waals surface area contributed by atoms with Gasteiger partial charge in [-0.1, -0.05) is 0 Å². The Kier molecular flexibility index (Phi) is 2.53. The van der Waals surface area contributed by atoms with E-state index in [1.165, 1.54) is 12.2 Å². The lowest BCUT2D eigenvalue weighted by Crippen LogP contribution is -2.05. The molecule has 0 radical (unpaired) electrons. The van der Waals surface area contributed by atoms with E-state index in [9.17, 15) is 4.79 Å². The van der Waals surface area contributed by atoms with Crippen LogP contribution in [0, 0.1) is 6.92 Å². The van der Waals surface area contributed by atoms with E-state index in [0.29, 0.717) is 5.82 Å². The largest absolute Gasteiger partial charge is 0.366 e. The van der Waals surface area contributed by atoms with Crippen molar-refractivity contribution in [2.45, 2.75) is 6.92 Å². The van der Waals surface area contributed by atoms with Crippen molar-refractivity contribution in [3.63, 3.8) is 0 Å². The summed E-state index contributed by atoms with van der Waals surface area (Å²) in [6, 6.07) is 1.78. The van der Waals surface area contributed by atoms with Gasteiger partial charge < -0.3 is 5.73 Å². The Labute approximate surface area is 70.1 Å². The van der Waals surface area contributed by atoms with Crippen LogP contribution in [0.2, 0.25) is 0 Å². The van der Waals surface area contributed by atoms with Gasteiger partial charge >= 0.3 is 0 Å². The lowest BCUT2D eigenvalue weighted by molar-refractivity contribution is -0.113. The number of carbonyl (C=O) groups excluding carboxylic acids is 1. The first kappa shape index (κ1) is 8.39. The Morgan fingerprint density at radius 1 is 1.67 bits per heavy atom. The zero-order chi connectivity index (χ0) is 8.97. The van der Waals surface area contributed by atoms with Crippen molar-refractivity contribution in [3.05, 3.63) is 29.9 Å². The summed E-state index contributed by atoms with van der Waals surface area (Å²) in [5.41, 5.74) is 5.75.